The average molecular weight is 287 g/mol. The van der Waals surface area contributed by atoms with Crippen molar-refractivity contribution in [2.45, 2.75) is 0 Å². The number of halogens is 1. The minimum absolute atomic E-state index is 0.236. The maximum absolute atomic E-state index is 14.1. The van der Waals surface area contributed by atoms with Crippen molar-refractivity contribution < 1.29 is 9.13 Å². The Balaban J connectivity index is 1.68. The first-order valence-electron chi connectivity index (χ1n) is 7.02. The lowest BCUT2D eigenvalue weighted by Gasteiger charge is -2.36. The smallest absolute Gasteiger partial charge is 0.150 e. The van der Waals surface area contributed by atoms with Gasteiger partial charge in [-0.25, -0.2) is 9.37 Å². The highest BCUT2D eigenvalue weighted by atomic mass is 19.1. The summed E-state index contributed by atoms with van der Waals surface area (Å²) in [5.74, 6) is 1.29. The Morgan fingerprint density at radius 2 is 1.81 bits per heavy atom. The molecule has 2 aromatic rings. The van der Waals surface area contributed by atoms with Crippen molar-refractivity contribution >= 4 is 11.5 Å². The Hall–Kier alpha value is -2.30. The topological polar surface area (TPSA) is 28.6 Å². The van der Waals surface area contributed by atoms with Crippen LogP contribution < -0.4 is 14.5 Å². The largest absolute Gasteiger partial charge is 0.497 e. The van der Waals surface area contributed by atoms with Gasteiger partial charge in [0.25, 0.3) is 0 Å². The molecule has 1 aliphatic heterocycles. The SMILES string of the molecule is COc1ccc(N2CCN(c3ccccn3)CC2)c(F)c1. The van der Waals surface area contributed by atoms with E-state index in [2.05, 4.69) is 14.8 Å². The average Bonchev–Trinajstić information content (AvgIpc) is 2.56. The molecule has 0 aliphatic carbocycles. The summed E-state index contributed by atoms with van der Waals surface area (Å²) in [6.45, 7) is 3.23. The van der Waals surface area contributed by atoms with Gasteiger partial charge < -0.3 is 14.5 Å². The lowest BCUT2D eigenvalue weighted by Crippen LogP contribution is -2.47. The van der Waals surface area contributed by atoms with Crippen LogP contribution >= 0.6 is 0 Å². The van der Waals surface area contributed by atoms with Crippen molar-refractivity contribution in [3.05, 3.63) is 48.4 Å². The molecule has 1 fully saturated rings. The normalized spacial score (nSPS) is 15.1. The fraction of sp³-hybridized carbons (Fsp3) is 0.312. The van der Waals surface area contributed by atoms with E-state index >= 15 is 0 Å². The molecule has 0 atom stereocenters. The summed E-state index contributed by atoms with van der Waals surface area (Å²) in [4.78, 5) is 8.64. The predicted molar refractivity (Wildman–Crippen MR) is 81.6 cm³/mol. The number of nitrogens with zero attached hydrogens (tertiary/aromatic N) is 3. The van der Waals surface area contributed by atoms with Gasteiger partial charge >= 0.3 is 0 Å². The lowest BCUT2D eigenvalue weighted by molar-refractivity contribution is 0.411. The Labute approximate surface area is 123 Å². The molecule has 5 heteroatoms. The van der Waals surface area contributed by atoms with Gasteiger partial charge in [-0.2, -0.15) is 0 Å². The zero-order valence-corrected chi connectivity index (χ0v) is 12.0. The highest BCUT2D eigenvalue weighted by Crippen LogP contribution is 2.25. The standard InChI is InChI=1S/C16H18FN3O/c1-21-13-5-6-15(14(17)12-13)19-8-10-20(11-9-19)16-4-2-3-7-18-16/h2-7,12H,8-11H2,1H3. The predicted octanol–water partition coefficient (Wildman–Crippen LogP) is 2.56. The Kier molecular flexibility index (Phi) is 3.90. The van der Waals surface area contributed by atoms with Crippen molar-refractivity contribution in [3.8, 4) is 5.75 Å². The molecule has 0 bridgehead atoms. The van der Waals surface area contributed by atoms with Gasteiger partial charge in [-0.3, -0.25) is 0 Å². The molecule has 3 rings (SSSR count). The summed E-state index contributed by atoms with van der Waals surface area (Å²) in [6.07, 6.45) is 1.80. The number of rotatable bonds is 3. The number of pyridine rings is 1. The fourth-order valence-electron chi connectivity index (χ4n) is 2.59. The van der Waals surface area contributed by atoms with Gasteiger partial charge in [0.05, 0.1) is 12.8 Å². The number of anilines is 2. The zero-order chi connectivity index (χ0) is 14.7. The minimum Gasteiger partial charge on any atom is -0.497 e. The second-order valence-corrected chi connectivity index (χ2v) is 4.98. The molecule has 0 N–H and O–H groups in total. The molecule has 0 spiro atoms. The van der Waals surface area contributed by atoms with Crippen molar-refractivity contribution in [2.24, 2.45) is 0 Å². The minimum atomic E-state index is -0.236. The Morgan fingerprint density at radius 1 is 1.05 bits per heavy atom. The first-order valence-corrected chi connectivity index (χ1v) is 7.02. The molecule has 110 valence electrons. The molecule has 2 heterocycles. The molecule has 1 saturated heterocycles. The molecule has 1 aromatic heterocycles. The van der Waals surface area contributed by atoms with Gasteiger partial charge in [0.15, 0.2) is 0 Å². The van der Waals surface area contributed by atoms with Crippen LogP contribution in [0.4, 0.5) is 15.9 Å². The van der Waals surface area contributed by atoms with Crippen LogP contribution in [-0.4, -0.2) is 38.3 Å². The van der Waals surface area contributed by atoms with E-state index in [1.807, 2.05) is 18.2 Å². The van der Waals surface area contributed by atoms with E-state index in [-0.39, 0.29) is 5.82 Å². The fourth-order valence-corrected chi connectivity index (χ4v) is 2.59. The van der Waals surface area contributed by atoms with E-state index in [9.17, 15) is 4.39 Å². The number of hydrogen-bond acceptors (Lipinski definition) is 4. The van der Waals surface area contributed by atoms with Crippen LogP contribution in [0.3, 0.4) is 0 Å². The van der Waals surface area contributed by atoms with Crippen LogP contribution in [0.1, 0.15) is 0 Å². The van der Waals surface area contributed by atoms with E-state index in [1.165, 1.54) is 6.07 Å². The van der Waals surface area contributed by atoms with Crippen molar-refractivity contribution in [1.82, 2.24) is 4.98 Å². The van der Waals surface area contributed by atoms with Crippen LogP contribution in [0.25, 0.3) is 0 Å². The summed E-state index contributed by atoms with van der Waals surface area (Å²) in [5, 5.41) is 0. The van der Waals surface area contributed by atoms with Crippen LogP contribution in [0.15, 0.2) is 42.6 Å². The van der Waals surface area contributed by atoms with E-state index in [0.717, 1.165) is 32.0 Å². The van der Waals surface area contributed by atoms with Gasteiger partial charge in [0.1, 0.15) is 17.4 Å². The van der Waals surface area contributed by atoms with Crippen LogP contribution in [-0.2, 0) is 0 Å². The van der Waals surface area contributed by atoms with Crippen molar-refractivity contribution in [2.75, 3.05) is 43.1 Å². The molecule has 4 nitrogen and oxygen atoms in total. The summed E-state index contributed by atoms with van der Waals surface area (Å²) in [6, 6.07) is 10.9. The first kappa shape index (κ1) is 13.7. The quantitative estimate of drug-likeness (QED) is 0.867. The highest BCUT2D eigenvalue weighted by molar-refractivity contribution is 5.52. The monoisotopic (exact) mass is 287 g/mol. The zero-order valence-electron chi connectivity index (χ0n) is 12.0. The summed E-state index contributed by atoms with van der Waals surface area (Å²) in [5.41, 5.74) is 0.636. The second-order valence-electron chi connectivity index (χ2n) is 4.98. The first-order chi connectivity index (χ1) is 10.3. The molecule has 1 aliphatic rings. The molecule has 21 heavy (non-hydrogen) atoms. The van der Waals surface area contributed by atoms with E-state index in [0.29, 0.717) is 11.4 Å². The number of ether oxygens (including phenoxy) is 1. The summed E-state index contributed by atoms with van der Waals surface area (Å²) >= 11 is 0. The number of piperazine rings is 1. The van der Waals surface area contributed by atoms with Crippen LogP contribution in [0.5, 0.6) is 5.75 Å². The number of benzene rings is 1. The molecular formula is C16H18FN3O. The van der Waals surface area contributed by atoms with Gasteiger partial charge in [-0.1, -0.05) is 6.07 Å². The summed E-state index contributed by atoms with van der Waals surface area (Å²) in [7, 11) is 1.54. The second kappa shape index (κ2) is 5.99. The Morgan fingerprint density at radius 3 is 2.43 bits per heavy atom. The molecule has 1 aromatic carbocycles. The number of hydrogen-bond donors (Lipinski definition) is 0. The molecule has 0 radical (unpaired) electrons. The number of methoxy groups -OCH3 is 1. The third-order valence-corrected chi connectivity index (χ3v) is 3.75. The molecule has 0 amide bonds. The maximum atomic E-state index is 14.1. The molecule has 0 unspecified atom stereocenters. The third kappa shape index (κ3) is 2.91. The lowest BCUT2D eigenvalue weighted by atomic mass is 10.2. The van der Waals surface area contributed by atoms with Crippen molar-refractivity contribution in [3.63, 3.8) is 0 Å². The van der Waals surface area contributed by atoms with E-state index in [1.54, 1.807) is 25.4 Å². The van der Waals surface area contributed by atoms with Crippen LogP contribution in [0.2, 0.25) is 0 Å². The van der Waals surface area contributed by atoms with Gasteiger partial charge in [0.2, 0.25) is 0 Å². The highest BCUT2D eigenvalue weighted by Gasteiger charge is 2.20. The molecule has 0 saturated carbocycles. The van der Waals surface area contributed by atoms with E-state index in [4.69, 9.17) is 4.74 Å². The van der Waals surface area contributed by atoms with Gasteiger partial charge in [-0.05, 0) is 24.3 Å². The van der Waals surface area contributed by atoms with Crippen molar-refractivity contribution in [1.29, 1.82) is 0 Å². The van der Waals surface area contributed by atoms with Crippen LogP contribution in [0, 0.1) is 5.82 Å². The van der Waals surface area contributed by atoms with Gasteiger partial charge in [0, 0.05) is 38.4 Å². The summed E-state index contributed by atoms with van der Waals surface area (Å²) < 4.78 is 19.1. The Bertz CT molecular complexity index is 598. The van der Waals surface area contributed by atoms with Gasteiger partial charge in [-0.15, -0.1) is 0 Å². The van der Waals surface area contributed by atoms with E-state index < -0.39 is 0 Å². The third-order valence-electron chi connectivity index (χ3n) is 3.75. The number of aromatic nitrogens is 1. The maximum Gasteiger partial charge on any atom is 0.150 e. The molecular weight excluding hydrogens is 269 g/mol.